The number of hydrogen-bond acceptors (Lipinski definition) is 3. The highest BCUT2D eigenvalue weighted by molar-refractivity contribution is 5.01. The van der Waals surface area contributed by atoms with Crippen LogP contribution in [0.25, 0.3) is 0 Å². The zero-order chi connectivity index (χ0) is 8.77. The van der Waals surface area contributed by atoms with Gasteiger partial charge in [-0.1, -0.05) is 0 Å². The number of fused-ring (bicyclic) bond motifs is 1. The molecule has 0 aromatic carbocycles. The van der Waals surface area contributed by atoms with E-state index in [2.05, 4.69) is 4.90 Å². The Labute approximate surface area is 73.0 Å². The predicted octanol–water partition coefficient (Wildman–Crippen LogP) is -0.0336. The molecule has 0 radical (unpaired) electrons. The third-order valence-electron chi connectivity index (χ3n) is 3.40. The Hall–Kier alpha value is -0.120. The number of rotatable bonds is 0. The van der Waals surface area contributed by atoms with Crippen LogP contribution in [0, 0.1) is 0 Å². The van der Waals surface area contributed by atoms with Crippen molar-refractivity contribution in [2.75, 3.05) is 13.1 Å². The van der Waals surface area contributed by atoms with Crippen molar-refractivity contribution in [3.63, 3.8) is 0 Å². The highest BCUT2D eigenvalue weighted by Crippen LogP contribution is 2.34. The first-order valence-electron chi connectivity index (χ1n) is 4.77. The summed E-state index contributed by atoms with van der Waals surface area (Å²) in [6, 6.07) is 0.196. The molecule has 0 bridgehead atoms. The average molecular weight is 171 g/mol. The van der Waals surface area contributed by atoms with Gasteiger partial charge in [0.2, 0.25) is 0 Å². The molecule has 2 N–H and O–H groups in total. The fraction of sp³-hybridized carbons (Fsp3) is 1.00. The molecule has 3 heteroatoms. The molecule has 0 spiro atoms. The van der Waals surface area contributed by atoms with Crippen LogP contribution in [0.2, 0.25) is 0 Å². The van der Waals surface area contributed by atoms with Crippen molar-refractivity contribution >= 4 is 0 Å². The van der Waals surface area contributed by atoms with E-state index >= 15 is 0 Å². The van der Waals surface area contributed by atoms with E-state index in [-0.39, 0.29) is 6.04 Å². The van der Waals surface area contributed by atoms with E-state index in [0.717, 1.165) is 25.9 Å². The Kier molecular flexibility index (Phi) is 1.90. The lowest BCUT2D eigenvalue weighted by Crippen LogP contribution is -2.59. The Morgan fingerprint density at radius 3 is 2.83 bits per heavy atom. The van der Waals surface area contributed by atoms with Gasteiger partial charge in [0.05, 0.1) is 6.10 Å². The molecule has 12 heavy (non-hydrogen) atoms. The number of hydrogen-bond donors (Lipinski definition) is 2. The van der Waals surface area contributed by atoms with Crippen LogP contribution in [0.15, 0.2) is 0 Å². The Bertz CT molecular complexity index is 181. The Morgan fingerprint density at radius 1 is 1.33 bits per heavy atom. The van der Waals surface area contributed by atoms with Crippen LogP contribution in [0.4, 0.5) is 0 Å². The zero-order valence-corrected chi connectivity index (χ0v) is 7.53. The van der Waals surface area contributed by atoms with Crippen LogP contribution in [0.5, 0.6) is 0 Å². The summed E-state index contributed by atoms with van der Waals surface area (Å²) in [6.07, 6.45) is 2.37. The Morgan fingerprint density at radius 2 is 2.08 bits per heavy atom. The van der Waals surface area contributed by atoms with Gasteiger partial charge in [0.15, 0.2) is 0 Å². The zero-order valence-electron chi connectivity index (χ0n) is 7.53. The highest BCUT2D eigenvalue weighted by atomic mass is 16.3. The van der Waals surface area contributed by atoms with E-state index in [1.807, 2.05) is 0 Å². The van der Waals surface area contributed by atoms with Crippen LogP contribution < -0.4 is 0 Å². The summed E-state index contributed by atoms with van der Waals surface area (Å²) in [4.78, 5) is 2.30. The molecule has 2 heterocycles. The minimum absolute atomic E-state index is 0.196. The van der Waals surface area contributed by atoms with Gasteiger partial charge in [0.25, 0.3) is 0 Å². The lowest BCUT2D eigenvalue weighted by molar-refractivity contribution is -0.134. The molecule has 0 aliphatic carbocycles. The monoisotopic (exact) mass is 171 g/mol. The number of aliphatic hydroxyl groups is 2. The summed E-state index contributed by atoms with van der Waals surface area (Å²) in [5.74, 6) is 0. The standard InChI is InChI=1S/C9H17NO2/c1-9(12)7-3-2-5-10(7)6-4-8(9)11/h7-8,11-12H,2-6H2,1H3. The first-order valence-corrected chi connectivity index (χ1v) is 4.77. The van der Waals surface area contributed by atoms with E-state index in [0.29, 0.717) is 6.42 Å². The van der Waals surface area contributed by atoms with Gasteiger partial charge in [0.1, 0.15) is 5.60 Å². The van der Waals surface area contributed by atoms with Gasteiger partial charge in [0, 0.05) is 12.6 Å². The summed E-state index contributed by atoms with van der Waals surface area (Å²) < 4.78 is 0. The maximum Gasteiger partial charge on any atom is 0.103 e. The lowest BCUT2D eigenvalue weighted by Gasteiger charge is -2.44. The molecule has 3 nitrogen and oxygen atoms in total. The second kappa shape index (κ2) is 2.69. The summed E-state index contributed by atoms with van der Waals surface area (Å²) in [7, 11) is 0. The van der Waals surface area contributed by atoms with E-state index in [1.165, 1.54) is 0 Å². The fourth-order valence-corrected chi connectivity index (χ4v) is 2.56. The molecule has 0 aromatic rings. The average Bonchev–Trinajstić information content (AvgIpc) is 2.46. The van der Waals surface area contributed by atoms with Crippen molar-refractivity contribution in [1.29, 1.82) is 0 Å². The van der Waals surface area contributed by atoms with Gasteiger partial charge >= 0.3 is 0 Å². The molecule has 3 unspecified atom stereocenters. The van der Waals surface area contributed by atoms with Gasteiger partial charge in [-0.3, -0.25) is 4.90 Å². The SMILES string of the molecule is CC1(O)C(O)CCN2CCCC21. The van der Waals surface area contributed by atoms with Crippen molar-refractivity contribution in [3.8, 4) is 0 Å². The van der Waals surface area contributed by atoms with Gasteiger partial charge < -0.3 is 10.2 Å². The second-order valence-corrected chi connectivity index (χ2v) is 4.22. The van der Waals surface area contributed by atoms with Gasteiger partial charge in [-0.25, -0.2) is 0 Å². The molecule has 0 amide bonds. The molecule has 70 valence electrons. The van der Waals surface area contributed by atoms with Crippen LogP contribution >= 0.6 is 0 Å². The van der Waals surface area contributed by atoms with E-state index in [9.17, 15) is 10.2 Å². The molecule has 2 aliphatic heterocycles. The van der Waals surface area contributed by atoms with Crippen LogP contribution in [-0.4, -0.2) is 45.9 Å². The molecule has 2 saturated heterocycles. The molecular formula is C9H17NO2. The van der Waals surface area contributed by atoms with Gasteiger partial charge in [-0.05, 0) is 32.7 Å². The van der Waals surface area contributed by atoms with Crippen LogP contribution in [0.3, 0.4) is 0 Å². The molecule has 2 rings (SSSR count). The number of piperidine rings is 1. The van der Waals surface area contributed by atoms with Crippen LogP contribution in [0.1, 0.15) is 26.2 Å². The first-order chi connectivity index (χ1) is 5.62. The maximum atomic E-state index is 10.0. The minimum Gasteiger partial charge on any atom is -0.390 e. The van der Waals surface area contributed by atoms with Crippen LogP contribution in [-0.2, 0) is 0 Å². The molecule has 2 aliphatic rings. The highest BCUT2D eigenvalue weighted by Gasteiger charge is 2.47. The Balaban J connectivity index is 2.18. The quantitative estimate of drug-likeness (QED) is 0.538. The topological polar surface area (TPSA) is 43.7 Å². The van der Waals surface area contributed by atoms with Gasteiger partial charge in [-0.2, -0.15) is 0 Å². The van der Waals surface area contributed by atoms with E-state index in [1.54, 1.807) is 6.92 Å². The van der Waals surface area contributed by atoms with Crippen molar-refractivity contribution in [1.82, 2.24) is 4.90 Å². The summed E-state index contributed by atoms with van der Waals surface area (Å²) in [5.41, 5.74) is -0.880. The minimum atomic E-state index is -0.880. The second-order valence-electron chi connectivity index (χ2n) is 4.22. The summed E-state index contributed by atoms with van der Waals surface area (Å²) in [6.45, 7) is 3.80. The van der Waals surface area contributed by atoms with Crippen molar-refractivity contribution in [3.05, 3.63) is 0 Å². The summed E-state index contributed by atoms with van der Waals surface area (Å²) in [5, 5.41) is 19.6. The van der Waals surface area contributed by atoms with E-state index in [4.69, 9.17) is 0 Å². The van der Waals surface area contributed by atoms with Crippen molar-refractivity contribution in [2.45, 2.75) is 43.9 Å². The normalized spacial score (nSPS) is 49.2. The molecule has 0 aromatic heterocycles. The largest absolute Gasteiger partial charge is 0.390 e. The molecular weight excluding hydrogens is 154 g/mol. The van der Waals surface area contributed by atoms with Gasteiger partial charge in [-0.15, -0.1) is 0 Å². The third kappa shape index (κ3) is 1.08. The van der Waals surface area contributed by atoms with Crippen molar-refractivity contribution in [2.24, 2.45) is 0 Å². The first kappa shape index (κ1) is 8.48. The van der Waals surface area contributed by atoms with Crippen molar-refractivity contribution < 1.29 is 10.2 Å². The smallest absolute Gasteiger partial charge is 0.103 e. The van der Waals surface area contributed by atoms with E-state index < -0.39 is 11.7 Å². The summed E-state index contributed by atoms with van der Waals surface area (Å²) >= 11 is 0. The lowest BCUT2D eigenvalue weighted by atomic mass is 9.84. The predicted molar refractivity (Wildman–Crippen MR) is 45.8 cm³/mol. The maximum absolute atomic E-state index is 10.0. The number of aliphatic hydroxyl groups excluding tert-OH is 1. The molecule has 0 saturated carbocycles. The number of nitrogens with zero attached hydrogens (tertiary/aromatic N) is 1. The third-order valence-corrected chi connectivity index (χ3v) is 3.40. The molecule has 2 fully saturated rings. The fourth-order valence-electron chi connectivity index (χ4n) is 2.56. The molecule has 3 atom stereocenters.